The van der Waals surface area contributed by atoms with E-state index in [9.17, 15) is 19.5 Å². The molecule has 226 valence electrons. The average Bonchev–Trinajstić information content (AvgIpc) is 3.30. The van der Waals surface area contributed by atoms with Gasteiger partial charge < -0.3 is 20.6 Å². The minimum atomic E-state index is -1.56. The Hall–Kier alpha value is -3.88. The van der Waals surface area contributed by atoms with E-state index in [1.165, 1.54) is 22.7 Å². The molecule has 7 nitrogen and oxygen atoms in total. The van der Waals surface area contributed by atoms with Crippen LogP contribution in [-0.2, 0) is 27.3 Å². The van der Waals surface area contributed by atoms with Gasteiger partial charge in [-0.1, -0.05) is 72.8 Å². The maximum Gasteiger partial charge on any atom is 0.254 e. The number of amides is 3. The van der Waals surface area contributed by atoms with Gasteiger partial charge in [-0.25, -0.2) is 0 Å². The van der Waals surface area contributed by atoms with Crippen LogP contribution in [0.15, 0.2) is 78.9 Å². The van der Waals surface area contributed by atoms with Crippen molar-refractivity contribution < 1.29 is 19.5 Å². The van der Waals surface area contributed by atoms with Crippen LogP contribution in [0.3, 0.4) is 0 Å². The second-order valence-corrected chi connectivity index (χ2v) is 13.2. The van der Waals surface area contributed by atoms with Crippen LogP contribution >= 0.6 is 11.8 Å². The van der Waals surface area contributed by atoms with Gasteiger partial charge in [0.25, 0.3) is 5.91 Å². The Kier molecular flexibility index (Phi) is 10.5. The minimum absolute atomic E-state index is 0.241. The van der Waals surface area contributed by atoms with Gasteiger partial charge in [0.1, 0.15) is 6.04 Å². The van der Waals surface area contributed by atoms with Gasteiger partial charge in [0, 0.05) is 17.4 Å². The first-order chi connectivity index (χ1) is 20.5. The van der Waals surface area contributed by atoms with E-state index in [-0.39, 0.29) is 18.2 Å². The smallest absolute Gasteiger partial charge is 0.254 e. The standard InChI is InChI=1S/C35H41N3O4S/c1-23-12-9-10-17-27(23)21-36-33(41)32-35(4,5)43-22-38(32)34(42)31(40)29(20-26-15-7-6-8-16-26)37-30(39)19-18-28-24(2)13-11-14-25(28)3/h6-19,29,31-32,40H,20-22H2,1-5H3,(H,36,41)(H,37,39)/t29?,31-,32+/m0/s1. The zero-order valence-corrected chi connectivity index (χ0v) is 26.3. The molecular formula is C35H41N3O4S. The lowest BCUT2D eigenvalue weighted by Crippen LogP contribution is -2.58. The molecular weight excluding hydrogens is 558 g/mol. The second kappa shape index (κ2) is 14.1. The third-order valence-electron chi connectivity index (χ3n) is 8.00. The van der Waals surface area contributed by atoms with Gasteiger partial charge in [-0.2, -0.15) is 0 Å². The Labute approximate surface area is 258 Å². The van der Waals surface area contributed by atoms with Crippen molar-refractivity contribution in [3.8, 4) is 0 Å². The van der Waals surface area contributed by atoms with Gasteiger partial charge in [-0.3, -0.25) is 14.4 Å². The van der Waals surface area contributed by atoms with E-state index in [0.717, 1.165) is 33.4 Å². The lowest BCUT2D eigenvalue weighted by atomic mass is 9.97. The number of carbonyl (C=O) groups excluding carboxylic acids is 3. The number of hydrogen-bond donors (Lipinski definition) is 3. The summed E-state index contributed by atoms with van der Waals surface area (Å²) in [5, 5.41) is 17.3. The topological polar surface area (TPSA) is 98.7 Å². The molecule has 3 aromatic carbocycles. The van der Waals surface area contributed by atoms with Crippen LogP contribution in [0, 0.1) is 20.8 Å². The third kappa shape index (κ3) is 7.94. The van der Waals surface area contributed by atoms with Crippen molar-refractivity contribution in [2.24, 2.45) is 0 Å². The Bertz CT molecular complexity index is 1470. The number of carbonyl (C=O) groups is 3. The van der Waals surface area contributed by atoms with Crippen molar-refractivity contribution in [1.82, 2.24) is 15.5 Å². The SMILES string of the molecule is Cc1ccccc1CNC(=O)[C@H]1N(C(=O)[C@@H](O)C(Cc2ccccc2)NC(=O)C=Cc2c(C)cccc2C)CSC1(C)C. The van der Waals surface area contributed by atoms with Crippen LogP contribution in [0.1, 0.15) is 47.2 Å². The zero-order chi connectivity index (χ0) is 31.1. The highest BCUT2D eigenvalue weighted by Gasteiger charge is 2.49. The van der Waals surface area contributed by atoms with Gasteiger partial charge in [0.05, 0.1) is 11.9 Å². The molecule has 8 heteroatoms. The van der Waals surface area contributed by atoms with Gasteiger partial charge >= 0.3 is 0 Å². The molecule has 3 atom stereocenters. The van der Waals surface area contributed by atoms with Crippen LogP contribution in [0.5, 0.6) is 0 Å². The van der Waals surface area contributed by atoms with Crippen molar-refractivity contribution in [1.29, 1.82) is 0 Å². The summed E-state index contributed by atoms with van der Waals surface area (Å²) >= 11 is 1.49. The van der Waals surface area contributed by atoms with Crippen molar-refractivity contribution in [2.45, 2.75) is 70.5 Å². The number of aliphatic hydroxyl groups is 1. The predicted molar refractivity (Wildman–Crippen MR) is 173 cm³/mol. The summed E-state index contributed by atoms with van der Waals surface area (Å²) in [6.07, 6.45) is 1.87. The van der Waals surface area contributed by atoms with Crippen LogP contribution in [0.2, 0.25) is 0 Å². The first-order valence-electron chi connectivity index (χ1n) is 14.5. The van der Waals surface area contributed by atoms with Crippen LogP contribution < -0.4 is 10.6 Å². The van der Waals surface area contributed by atoms with E-state index in [1.807, 2.05) is 107 Å². The molecule has 1 heterocycles. The molecule has 1 saturated heterocycles. The fourth-order valence-electron chi connectivity index (χ4n) is 5.43. The number of thioether (sulfide) groups is 1. The number of hydrogen-bond acceptors (Lipinski definition) is 5. The fourth-order valence-corrected chi connectivity index (χ4v) is 6.57. The number of benzene rings is 3. The van der Waals surface area contributed by atoms with Gasteiger partial charge in [-0.15, -0.1) is 11.8 Å². The first kappa shape index (κ1) is 32.0. The fraction of sp³-hybridized carbons (Fsp3) is 0.343. The van der Waals surface area contributed by atoms with E-state index in [0.29, 0.717) is 6.54 Å². The van der Waals surface area contributed by atoms with Crippen LogP contribution in [0.4, 0.5) is 0 Å². The van der Waals surface area contributed by atoms with Crippen molar-refractivity contribution in [3.63, 3.8) is 0 Å². The Morgan fingerprint density at radius 2 is 1.58 bits per heavy atom. The summed E-state index contributed by atoms with van der Waals surface area (Å²) in [5.41, 5.74) is 5.96. The Morgan fingerprint density at radius 1 is 0.953 bits per heavy atom. The largest absolute Gasteiger partial charge is 0.381 e. The number of nitrogens with zero attached hydrogens (tertiary/aromatic N) is 1. The molecule has 0 bridgehead atoms. The summed E-state index contributed by atoms with van der Waals surface area (Å²) < 4.78 is -0.572. The summed E-state index contributed by atoms with van der Waals surface area (Å²) in [7, 11) is 0. The zero-order valence-electron chi connectivity index (χ0n) is 25.5. The molecule has 4 rings (SSSR count). The second-order valence-electron chi connectivity index (χ2n) is 11.6. The molecule has 1 aliphatic rings. The molecule has 43 heavy (non-hydrogen) atoms. The molecule has 1 unspecified atom stereocenters. The molecule has 3 N–H and O–H groups in total. The van der Waals surface area contributed by atoms with E-state index in [1.54, 1.807) is 6.08 Å². The molecule has 3 aromatic rings. The molecule has 1 fully saturated rings. The van der Waals surface area contributed by atoms with Crippen molar-refractivity contribution in [3.05, 3.63) is 112 Å². The average molecular weight is 600 g/mol. The Morgan fingerprint density at radius 3 is 2.26 bits per heavy atom. The number of aliphatic hydroxyl groups excluding tert-OH is 1. The maximum atomic E-state index is 13.9. The quantitative estimate of drug-likeness (QED) is 0.293. The monoisotopic (exact) mass is 599 g/mol. The molecule has 0 aliphatic carbocycles. The predicted octanol–water partition coefficient (Wildman–Crippen LogP) is 4.71. The first-order valence-corrected chi connectivity index (χ1v) is 15.5. The third-order valence-corrected chi connectivity index (χ3v) is 9.37. The summed E-state index contributed by atoms with van der Waals surface area (Å²) in [6.45, 7) is 10.1. The highest BCUT2D eigenvalue weighted by atomic mass is 32.2. The van der Waals surface area contributed by atoms with Crippen molar-refractivity contribution >= 4 is 35.6 Å². The summed E-state index contributed by atoms with van der Waals surface area (Å²) in [6, 6.07) is 21.5. The Balaban J connectivity index is 1.53. The molecule has 0 aromatic heterocycles. The van der Waals surface area contributed by atoms with Gasteiger partial charge in [-0.05, 0) is 80.5 Å². The number of aryl methyl sites for hydroxylation is 3. The molecule has 3 amide bonds. The normalized spacial score (nSPS) is 17.4. The molecule has 0 spiro atoms. The van der Waals surface area contributed by atoms with Crippen LogP contribution in [-0.4, -0.2) is 56.5 Å². The van der Waals surface area contributed by atoms with E-state index < -0.39 is 34.7 Å². The van der Waals surface area contributed by atoms with E-state index in [4.69, 9.17) is 0 Å². The molecule has 0 saturated carbocycles. The summed E-state index contributed by atoms with van der Waals surface area (Å²) in [4.78, 5) is 41.9. The highest BCUT2D eigenvalue weighted by Crippen LogP contribution is 2.40. The maximum absolute atomic E-state index is 13.9. The van der Waals surface area contributed by atoms with E-state index >= 15 is 0 Å². The van der Waals surface area contributed by atoms with Crippen LogP contribution in [0.25, 0.3) is 6.08 Å². The van der Waals surface area contributed by atoms with E-state index in [2.05, 4.69) is 10.6 Å². The minimum Gasteiger partial charge on any atom is -0.381 e. The number of nitrogens with one attached hydrogen (secondary N) is 2. The molecule has 0 radical (unpaired) electrons. The highest BCUT2D eigenvalue weighted by molar-refractivity contribution is 8.00. The lowest BCUT2D eigenvalue weighted by molar-refractivity contribution is -0.147. The lowest BCUT2D eigenvalue weighted by Gasteiger charge is -2.33. The number of rotatable bonds is 10. The molecule has 1 aliphatic heterocycles. The van der Waals surface area contributed by atoms with Crippen molar-refractivity contribution in [2.75, 3.05) is 5.88 Å². The summed E-state index contributed by atoms with van der Waals surface area (Å²) in [5.74, 6) is -1.03. The van der Waals surface area contributed by atoms with Gasteiger partial charge in [0.15, 0.2) is 6.10 Å². The van der Waals surface area contributed by atoms with Gasteiger partial charge in [0.2, 0.25) is 11.8 Å².